The van der Waals surface area contributed by atoms with Gasteiger partial charge >= 0.3 is 0 Å². The number of carbonyl (C=O) groups is 2. The first kappa shape index (κ1) is 21.2. The zero-order chi connectivity index (χ0) is 22.7. The highest BCUT2D eigenvalue weighted by Gasteiger charge is 2.44. The Morgan fingerprint density at radius 2 is 1.94 bits per heavy atom. The molecule has 1 aromatic carbocycles. The van der Waals surface area contributed by atoms with E-state index in [2.05, 4.69) is 9.97 Å². The summed E-state index contributed by atoms with van der Waals surface area (Å²) >= 11 is 0. The smallest absolute Gasteiger partial charge is 0.295 e. The molecule has 3 heterocycles. The molecule has 0 bridgehead atoms. The number of Topliss-reactive ketones (excluding diaryl/α,β-unsaturated/α-hetero) is 1. The molecule has 0 radical (unpaired) electrons. The summed E-state index contributed by atoms with van der Waals surface area (Å²) in [4.78, 5) is 34.5. The molecule has 7 heteroatoms. The lowest BCUT2D eigenvalue weighted by atomic mass is 9.96. The number of nitrogens with zero attached hydrogens (tertiary/aromatic N) is 2. The molecule has 7 nitrogen and oxygen atoms in total. The van der Waals surface area contributed by atoms with Gasteiger partial charge in [-0.2, -0.15) is 0 Å². The van der Waals surface area contributed by atoms with Gasteiger partial charge in [-0.15, -0.1) is 0 Å². The SMILES string of the molecule is CC(C)Oc1ccc(/C([O-])=C2\C(=O)C(=O)N(Cc3ccc[nH+]c3)C2c2cccnc2)cc1. The molecule has 0 spiro atoms. The molecule has 2 aromatic heterocycles. The molecule has 0 saturated carbocycles. The number of hydrogen-bond donors (Lipinski definition) is 0. The van der Waals surface area contributed by atoms with Crippen LogP contribution in [-0.4, -0.2) is 27.7 Å². The molecule has 162 valence electrons. The van der Waals surface area contributed by atoms with E-state index in [1.807, 2.05) is 26.0 Å². The molecule has 1 aliphatic rings. The van der Waals surface area contributed by atoms with Crippen LogP contribution in [0.2, 0.25) is 0 Å². The number of rotatable bonds is 6. The van der Waals surface area contributed by atoms with Crippen molar-refractivity contribution in [1.29, 1.82) is 0 Å². The zero-order valence-corrected chi connectivity index (χ0v) is 17.8. The van der Waals surface area contributed by atoms with E-state index in [9.17, 15) is 14.7 Å². The van der Waals surface area contributed by atoms with E-state index < -0.39 is 23.5 Å². The summed E-state index contributed by atoms with van der Waals surface area (Å²) in [5, 5.41) is 13.4. The highest BCUT2D eigenvalue weighted by Crippen LogP contribution is 2.39. The van der Waals surface area contributed by atoms with Gasteiger partial charge in [0.25, 0.3) is 5.91 Å². The fourth-order valence-corrected chi connectivity index (χ4v) is 3.76. The minimum absolute atomic E-state index is 0.00120. The second kappa shape index (κ2) is 9.01. The number of nitrogens with one attached hydrogen (secondary N) is 1. The lowest BCUT2D eigenvalue weighted by Crippen LogP contribution is -2.29. The Morgan fingerprint density at radius 3 is 2.56 bits per heavy atom. The Balaban J connectivity index is 1.78. The van der Waals surface area contributed by atoms with Crippen molar-refractivity contribution in [3.05, 3.63) is 95.6 Å². The number of amides is 1. The van der Waals surface area contributed by atoms with Gasteiger partial charge < -0.3 is 14.7 Å². The third kappa shape index (κ3) is 4.23. The standard InChI is InChI=1S/C25H23N3O4/c1-16(2)32-20-9-7-18(8-10-20)23(29)21-22(19-6-4-12-27-14-19)28(25(31)24(21)30)15-17-5-3-11-26-13-17/h3-14,16,22,29H,15H2,1-2H3/b23-21+. The number of hydrogen-bond acceptors (Lipinski definition) is 5. The molecule has 1 atom stereocenters. The minimum atomic E-state index is -0.817. The van der Waals surface area contributed by atoms with Gasteiger partial charge in [-0.05, 0) is 49.2 Å². The molecule has 1 saturated heterocycles. The summed E-state index contributed by atoms with van der Waals surface area (Å²) < 4.78 is 5.63. The van der Waals surface area contributed by atoms with Crippen LogP contribution in [0, 0.1) is 0 Å². The van der Waals surface area contributed by atoms with Gasteiger partial charge in [0, 0.05) is 29.6 Å². The van der Waals surface area contributed by atoms with Gasteiger partial charge in [0.05, 0.1) is 18.7 Å². The first-order valence-corrected chi connectivity index (χ1v) is 10.3. The summed E-state index contributed by atoms with van der Waals surface area (Å²) in [6.45, 7) is 4.00. The average Bonchev–Trinajstić information content (AvgIpc) is 3.05. The molecule has 3 aromatic rings. The van der Waals surface area contributed by atoms with E-state index in [-0.39, 0.29) is 18.2 Å². The van der Waals surface area contributed by atoms with Gasteiger partial charge in [0.1, 0.15) is 5.75 Å². The highest BCUT2D eigenvalue weighted by atomic mass is 16.5. The van der Waals surface area contributed by atoms with Crippen molar-refractivity contribution in [3.8, 4) is 5.75 Å². The summed E-state index contributed by atoms with van der Waals surface area (Å²) in [5.74, 6) is -1.34. The predicted molar refractivity (Wildman–Crippen MR) is 115 cm³/mol. The van der Waals surface area contributed by atoms with Gasteiger partial charge in [-0.25, -0.2) is 4.98 Å². The van der Waals surface area contributed by atoms with E-state index in [1.54, 1.807) is 61.2 Å². The van der Waals surface area contributed by atoms with Crippen LogP contribution < -0.4 is 14.8 Å². The van der Waals surface area contributed by atoms with E-state index in [1.165, 1.54) is 4.90 Å². The summed E-state index contributed by atoms with van der Waals surface area (Å²) in [7, 11) is 0. The third-order valence-electron chi connectivity index (χ3n) is 5.14. The zero-order valence-electron chi connectivity index (χ0n) is 17.8. The second-order valence-corrected chi connectivity index (χ2v) is 7.80. The fraction of sp³-hybridized carbons (Fsp3) is 0.200. The Morgan fingerprint density at radius 1 is 1.16 bits per heavy atom. The first-order chi connectivity index (χ1) is 15.5. The van der Waals surface area contributed by atoms with Crippen molar-refractivity contribution in [2.45, 2.75) is 32.5 Å². The molecule has 4 rings (SSSR count). The number of H-pyrrole nitrogens is 1. The maximum Gasteiger partial charge on any atom is 0.295 e. The highest BCUT2D eigenvalue weighted by molar-refractivity contribution is 6.46. The maximum absolute atomic E-state index is 13.4. The number of benzene rings is 1. The average molecular weight is 429 g/mol. The van der Waals surface area contributed by atoms with Gasteiger partial charge in [0.2, 0.25) is 5.78 Å². The number of aromatic nitrogens is 2. The predicted octanol–water partition coefficient (Wildman–Crippen LogP) is 2.11. The Kier molecular flexibility index (Phi) is 5.98. The van der Waals surface area contributed by atoms with Crippen molar-refractivity contribution >= 4 is 17.4 Å². The van der Waals surface area contributed by atoms with Crippen LogP contribution in [-0.2, 0) is 16.1 Å². The molecule has 1 amide bonds. The van der Waals surface area contributed by atoms with Gasteiger partial charge in [-0.3, -0.25) is 14.6 Å². The molecule has 1 aliphatic heterocycles. The number of ketones is 1. The third-order valence-corrected chi connectivity index (χ3v) is 5.14. The van der Waals surface area contributed by atoms with Crippen LogP contribution in [0.5, 0.6) is 5.75 Å². The second-order valence-electron chi connectivity index (χ2n) is 7.80. The van der Waals surface area contributed by atoms with Gasteiger partial charge in [-0.1, -0.05) is 24.0 Å². The molecule has 32 heavy (non-hydrogen) atoms. The van der Waals surface area contributed by atoms with E-state index >= 15 is 0 Å². The topological polar surface area (TPSA) is 96.7 Å². The van der Waals surface area contributed by atoms with Crippen molar-refractivity contribution in [3.63, 3.8) is 0 Å². The normalized spacial score (nSPS) is 17.7. The van der Waals surface area contributed by atoms with E-state index in [4.69, 9.17) is 4.74 Å². The molecular formula is C25H23N3O4. The lowest BCUT2D eigenvalue weighted by molar-refractivity contribution is -0.378. The Bertz CT molecular complexity index is 1140. The van der Waals surface area contributed by atoms with Crippen LogP contribution in [0.25, 0.3) is 5.76 Å². The number of likely N-dealkylation sites (tertiary alicyclic amines) is 1. The van der Waals surface area contributed by atoms with Crippen molar-refractivity contribution in [2.75, 3.05) is 0 Å². The van der Waals surface area contributed by atoms with E-state index in [0.29, 0.717) is 16.9 Å². The minimum Gasteiger partial charge on any atom is -0.872 e. The number of ether oxygens (including phenoxy) is 1. The molecule has 1 N–H and O–H groups in total. The van der Waals surface area contributed by atoms with Crippen molar-refractivity contribution < 1.29 is 24.4 Å². The van der Waals surface area contributed by atoms with Gasteiger partial charge in [0.15, 0.2) is 12.4 Å². The molecule has 1 fully saturated rings. The summed E-state index contributed by atoms with van der Waals surface area (Å²) in [6.07, 6.45) is 6.69. The monoisotopic (exact) mass is 429 g/mol. The van der Waals surface area contributed by atoms with Crippen LogP contribution in [0.3, 0.4) is 0 Å². The quantitative estimate of drug-likeness (QED) is 0.340. The maximum atomic E-state index is 13.4. The first-order valence-electron chi connectivity index (χ1n) is 10.3. The summed E-state index contributed by atoms with van der Waals surface area (Å²) in [6, 6.07) is 12.9. The van der Waals surface area contributed by atoms with Crippen LogP contribution in [0.1, 0.15) is 36.6 Å². The largest absolute Gasteiger partial charge is 0.872 e. The Hall–Kier alpha value is -4.00. The van der Waals surface area contributed by atoms with E-state index in [0.717, 1.165) is 5.56 Å². The fourth-order valence-electron chi connectivity index (χ4n) is 3.76. The van der Waals surface area contributed by atoms with Crippen LogP contribution in [0.4, 0.5) is 0 Å². The van der Waals surface area contributed by atoms with Crippen LogP contribution in [0.15, 0.2) is 78.9 Å². The molecule has 0 aliphatic carbocycles. The summed E-state index contributed by atoms with van der Waals surface area (Å²) in [5.41, 5.74) is 1.67. The van der Waals surface area contributed by atoms with Crippen molar-refractivity contribution in [2.24, 2.45) is 0 Å². The molecule has 1 unspecified atom stereocenters. The van der Waals surface area contributed by atoms with Crippen LogP contribution >= 0.6 is 0 Å². The van der Waals surface area contributed by atoms with Crippen molar-refractivity contribution in [1.82, 2.24) is 9.88 Å². The number of aromatic amines is 1. The number of pyridine rings is 2. The molecular weight excluding hydrogens is 406 g/mol. The number of carbonyl (C=O) groups excluding carboxylic acids is 2. The lowest BCUT2D eigenvalue weighted by Gasteiger charge is -2.27. The Labute approximate surface area is 186 Å².